The van der Waals surface area contributed by atoms with Gasteiger partial charge in [0.05, 0.1) is 5.69 Å². The van der Waals surface area contributed by atoms with E-state index in [9.17, 15) is 0 Å². The maximum absolute atomic E-state index is 7.35. The molecule has 0 atom stereocenters. The molecule has 0 amide bonds. The van der Waals surface area contributed by atoms with E-state index in [2.05, 4.69) is 236 Å². The zero-order valence-electron chi connectivity index (χ0n) is 48.1. The molecule has 0 saturated carbocycles. The van der Waals surface area contributed by atoms with E-state index in [1.54, 1.807) is 0 Å². The number of nitrogens with zero attached hydrogens (tertiary/aromatic N) is 2. The number of hydrogen-bond donors (Lipinski definition) is 0. The number of rotatable bonds is 2. The third kappa shape index (κ3) is 6.60. The quantitative estimate of drug-likeness (QED) is 0.161. The number of fused-ring (bicyclic) bond motifs is 15. The fraction of sp³-hybridized carbons (Fsp3) is 0.380. The third-order valence-electron chi connectivity index (χ3n) is 19.9. The number of hydrogen-bond acceptors (Lipinski definition) is 4. The molecule has 0 spiro atoms. The summed E-state index contributed by atoms with van der Waals surface area (Å²) < 4.78 is 10.1. The van der Waals surface area contributed by atoms with Gasteiger partial charge in [-0.15, -0.1) is 11.3 Å². The lowest BCUT2D eigenvalue weighted by atomic mass is 9.46. The minimum Gasteiger partial charge on any atom is -0.455 e. The van der Waals surface area contributed by atoms with Crippen LogP contribution in [-0.4, -0.2) is 6.85 Å². The van der Waals surface area contributed by atoms with Crippen molar-refractivity contribution >= 4 is 88.9 Å². The molecular weight excluding hydrogens is 940 g/mol. The van der Waals surface area contributed by atoms with Crippen molar-refractivity contribution in [1.29, 1.82) is 0 Å². The second-order valence-electron chi connectivity index (χ2n) is 29.1. The Bertz CT molecular complexity index is 3990. The van der Waals surface area contributed by atoms with Crippen LogP contribution in [0, 0.1) is 0 Å². The summed E-state index contributed by atoms with van der Waals surface area (Å²) in [7, 11) is 0. The van der Waals surface area contributed by atoms with Gasteiger partial charge in [-0.25, -0.2) is 0 Å². The maximum Gasteiger partial charge on any atom is 0.343 e. The predicted octanol–water partition coefficient (Wildman–Crippen LogP) is 19.1. The number of anilines is 5. The average Bonchev–Trinajstić information content (AvgIpc) is 4.19. The van der Waals surface area contributed by atoms with Crippen LogP contribution in [0.4, 0.5) is 28.4 Å². The van der Waals surface area contributed by atoms with E-state index in [0.717, 1.165) is 21.9 Å². The maximum atomic E-state index is 7.35. The molecule has 0 fully saturated rings. The Morgan fingerprint density at radius 1 is 0.487 bits per heavy atom. The highest BCUT2D eigenvalue weighted by molar-refractivity contribution is 7.32. The van der Waals surface area contributed by atoms with Gasteiger partial charge in [0.1, 0.15) is 11.2 Å². The summed E-state index contributed by atoms with van der Waals surface area (Å²) in [6.07, 6.45) is 4.73. The van der Waals surface area contributed by atoms with Crippen LogP contribution >= 0.6 is 11.3 Å². The lowest BCUT2D eigenvalue weighted by Crippen LogP contribution is -2.60. The van der Waals surface area contributed by atoms with Crippen LogP contribution in [0.15, 0.2) is 120 Å². The summed E-state index contributed by atoms with van der Waals surface area (Å²) >= 11 is 2.02. The van der Waals surface area contributed by atoms with Crippen LogP contribution in [0.5, 0.6) is 0 Å². The van der Waals surface area contributed by atoms with E-state index in [-0.39, 0.29) is 44.8 Å². The molecule has 9 aromatic rings. The normalized spacial score (nSPS) is 19.0. The molecule has 76 heavy (non-hydrogen) atoms. The van der Waals surface area contributed by atoms with Crippen molar-refractivity contribution in [3.8, 4) is 22.3 Å². The number of benzene rings is 7. The summed E-state index contributed by atoms with van der Waals surface area (Å²) in [5.41, 5.74) is 26.3. The predicted molar refractivity (Wildman–Crippen MR) is 328 cm³/mol. The van der Waals surface area contributed by atoms with Gasteiger partial charge in [0, 0.05) is 64.9 Å². The zero-order chi connectivity index (χ0) is 53.3. The van der Waals surface area contributed by atoms with Crippen LogP contribution in [-0.2, 0) is 37.9 Å². The molecule has 0 saturated heterocycles. The van der Waals surface area contributed by atoms with Crippen LogP contribution in [0.2, 0.25) is 0 Å². The fourth-order valence-electron chi connectivity index (χ4n) is 14.8. The Balaban J connectivity index is 1.15. The van der Waals surface area contributed by atoms with Gasteiger partial charge in [0.2, 0.25) is 0 Å². The topological polar surface area (TPSA) is 19.6 Å². The molecule has 4 heterocycles. The Morgan fingerprint density at radius 2 is 1.01 bits per heavy atom. The molecule has 0 unspecified atom stereocenters. The van der Waals surface area contributed by atoms with Gasteiger partial charge in [-0.3, -0.25) is 0 Å². The first-order valence-electron chi connectivity index (χ1n) is 28.4. The zero-order valence-corrected chi connectivity index (χ0v) is 48.9. The Hall–Kier alpha value is -6.04. The summed E-state index contributed by atoms with van der Waals surface area (Å²) in [5, 5.41) is 3.67. The minimum absolute atomic E-state index is 0.0110. The van der Waals surface area contributed by atoms with Gasteiger partial charge in [-0.05, 0) is 186 Å². The largest absolute Gasteiger partial charge is 0.455 e. The Kier molecular flexibility index (Phi) is 9.64. The monoisotopic (exact) mass is 1010 g/mol. The van der Waals surface area contributed by atoms with Crippen LogP contribution < -0.4 is 20.0 Å². The lowest BCUT2D eigenvalue weighted by molar-refractivity contribution is 0.331. The van der Waals surface area contributed by atoms with Gasteiger partial charge < -0.3 is 14.1 Å². The summed E-state index contributed by atoms with van der Waals surface area (Å²) in [5.74, 6) is 0. The highest BCUT2D eigenvalue weighted by Crippen LogP contribution is 2.60. The van der Waals surface area contributed by atoms with Gasteiger partial charge in [0.15, 0.2) is 0 Å². The van der Waals surface area contributed by atoms with E-state index in [1.807, 2.05) is 11.3 Å². The first kappa shape index (κ1) is 48.3. The molecule has 2 aliphatic heterocycles. The van der Waals surface area contributed by atoms with Crippen LogP contribution in [0.25, 0.3) is 54.3 Å². The van der Waals surface area contributed by atoms with Gasteiger partial charge in [-0.1, -0.05) is 159 Å². The van der Waals surface area contributed by atoms with E-state index < -0.39 is 0 Å². The van der Waals surface area contributed by atoms with Crippen molar-refractivity contribution < 1.29 is 4.42 Å². The van der Waals surface area contributed by atoms with Crippen molar-refractivity contribution in [2.24, 2.45) is 0 Å². The molecule has 14 rings (SSSR count). The van der Waals surface area contributed by atoms with Crippen molar-refractivity contribution in [3.63, 3.8) is 0 Å². The van der Waals surface area contributed by atoms with E-state index in [4.69, 9.17) is 4.42 Å². The first-order valence-corrected chi connectivity index (χ1v) is 29.3. The molecule has 384 valence electrons. The molecule has 3 nitrogen and oxygen atoms in total. The van der Waals surface area contributed by atoms with Crippen molar-refractivity contribution in [2.45, 2.75) is 174 Å². The molecule has 0 radical (unpaired) electrons. The number of para-hydroxylation sites is 1. The number of thiophene rings is 1. The highest BCUT2D eigenvalue weighted by Gasteiger charge is 2.51. The smallest absolute Gasteiger partial charge is 0.343 e. The molecule has 0 bridgehead atoms. The molecule has 5 aliphatic rings. The second kappa shape index (κ2) is 15.2. The molecule has 0 N–H and O–H groups in total. The number of furan rings is 1. The Labute approximate surface area is 456 Å². The van der Waals surface area contributed by atoms with Crippen molar-refractivity contribution in [3.05, 3.63) is 160 Å². The molecule has 7 aromatic carbocycles. The third-order valence-corrected chi connectivity index (χ3v) is 21.1. The molecule has 3 aliphatic carbocycles. The van der Waals surface area contributed by atoms with Crippen LogP contribution in [0.3, 0.4) is 0 Å². The fourth-order valence-corrected chi connectivity index (χ4v) is 16.1. The van der Waals surface area contributed by atoms with Gasteiger partial charge >= 0.3 is 6.85 Å². The van der Waals surface area contributed by atoms with E-state index in [0.29, 0.717) is 0 Å². The Morgan fingerprint density at radius 3 is 1.62 bits per heavy atom. The molecular formula is C71H75BN2OS. The highest BCUT2D eigenvalue weighted by atomic mass is 32.1. The van der Waals surface area contributed by atoms with Gasteiger partial charge in [0.25, 0.3) is 0 Å². The molecule has 2 aromatic heterocycles. The SMILES string of the molecule is CC(C)(C)c1ccc(N2B3c4sc5cc6c(cc5c4N(c4ccc(C(C)(C)C)cc4)c4cc5c(oc7ccccc75)c(c43)-c3cc4c(cc32)C(C)(C)c2cc3c(cc2-4)C(C)(C)CCC3(C)C)C(C)(C)CCC6(C)C)cc1. The van der Waals surface area contributed by atoms with Crippen LogP contribution in [0.1, 0.15) is 181 Å². The van der Waals surface area contributed by atoms with E-state index in [1.165, 1.54) is 141 Å². The van der Waals surface area contributed by atoms with Crippen molar-refractivity contribution in [2.75, 3.05) is 9.71 Å². The lowest BCUT2D eigenvalue weighted by Gasteiger charge is -2.45. The standard InChI is InChI=1S/C71H75BN2OS/c1-65(2,3)40-21-25-42(26-22-40)73-57-36-47-44-19-17-18-20-58(44)75-63(47)60-48-33-45-46-34-52-54(69(11,12)31-29-67(52,7)8)37-50(46)71(15,16)51(45)38-56(48)74(43-27-23-41(24-28-43)66(4,5)6)72(61(57)60)64-62(73)49-35-53-55(39-59(49)76-64)70(13,14)32-30-68(53,9)10/h17-28,33-39H,29-32H2,1-16H3. The minimum atomic E-state index is -0.227. The van der Waals surface area contributed by atoms with Crippen molar-refractivity contribution in [1.82, 2.24) is 0 Å². The average molecular weight is 1020 g/mol. The van der Waals surface area contributed by atoms with Gasteiger partial charge in [-0.2, -0.15) is 0 Å². The second-order valence-corrected chi connectivity index (χ2v) is 30.2. The molecule has 5 heteroatoms. The summed E-state index contributed by atoms with van der Waals surface area (Å²) in [6.45, 7) is 38.6. The first-order chi connectivity index (χ1) is 35.7. The summed E-state index contributed by atoms with van der Waals surface area (Å²) in [4.78, 5) is 5.44. The van der Waals surface area contributed by atoms with E-state index >= 15 is 0 Å². The summed E-state index contributed by atoms with van der Waals surface area (Å²) in [6, 6.07) is 46.2.